The van der Waals surface area contributed by atoms with E-state index in [1.165, 1.54) is 31.0 Å². The van der Waals surface area contributed by atoms with Crippen molar-refractivity contribution in [1.29, 1.82) is 0 Å². The van der Waals surface area contributed by atoms with Crippen molar-refractivity contribution in [2.24, 2.45) is 5.92 Å². The molecule has 0 unspecified atom stereocenters. The number of rotatable bonds is 2. The summed E-state index contributed by atoms with van der Waals surface area (Å²) in [6, 6.07) is 6.26. The summed E-state index contributed by atoms with van der Waals surface area (Å²) in [4.78, 5) is 32.4. The summed E-state index contributed by atoms with van der Waals surface area (Å²) in [7, 11) is 0. The number of morpholine rings is 1. The number of nitrogens with one attached hydrogen (secondary N) is 1. The monoisotopic (exact) mass is 371 g/mol. The molecule has 1 saturated carbocycles. The molecular formula is C20H22FN3O3. The summed E-state index contributed by atoms with van der Waals surface area (Å²) < 4.78 is 19.9. The van der Waals surface area contributed by atoms with Crippen LogP contribution in [0, 0.1) is 11.7 Å². The van der Waals surface area contributed by atoms with Crippen LogP contribution in [-0.2, 0) is 4.74 Å². The average molecular weight is 371 g/mol. The molecule has 2 atom stereocenters. The Bertz CT molecular complexity index is 955. The largest absolute Gasteiger partial charge is 0.378 e. The second-order valence-electron chi connectivity index (χ2n) is 7.79. The molecule has 2 aliphatic heterocycles. The minimum atomic E-state index is -0.531. The number of fused-ring (bicyclic) bond motifs is 2. The van der Waals surface area contributed by atoms with Gasteiger partial charge in [0.15, 0.2) is 5.43 Å². The Hall–Kier alpha value is -2.25. The molecule has 3 heterocycles. The molecule has 3 aliphatic rings. The molecule has 1 aromatic heterocycles. The number of benzene rings is 1. The van der Waals surface area contributed by atoms with Gasteiger partial charge in [-0.15, -0.1) is 0 Å². The van der Waals surface area contributed by atoms with Crippen molar-refractivity contribution in [3.05, 3.63) is 46.0 Å². The molecule has 2 saturated heterocycles. The molecule has 3 fully saturated rings. The third kappa shape index (κ3) is 2.95. The second kappa shape index (κ2) is 6.42. The van der Waals surface area contributed by atoms with E-state index < -0.39 is 5.82 Å². The van der Waals surface area contributed by atoms with Gasteiger partial charge in [-0.3, -0.25) is 14.5 Å². The van der Waals surface area contributed by atoms with E-state index in [1.54, 1.807) is 11.0 Å². The van der Waals surface area contributed by atoms with Crippen molar-refractivity contribution in [3.8, 4) is 0 Å². The van der Waals surface area contributed by atoms with Crippen LogP contribution < -0.4 is 5.43 Å². The molecule has 1 aliphatic carbocycles. The van der Waals surface area contributed by atoms with Crippen molar-refractivity contribution in [2.75, 3.05) is 32.8 Å². The number of H-pyrrole nitrogens is 1. The number of carbonyl (C=O) groups is 1. The summed E-state index contributed by atoms with van der Waals surface area (Å²) in [6.07, 6.45) is 2.54. The van der Waals surface area contributed by atoms with Crippen LogP contribution in [0.15, 0.2) is 29.1 Å². The lowest BCUT2D eigenvalue weighted by Gasteiger charge is -2.48. The van der Waals surface area contributed by atoms with Gasteiger partial charge in [0.2, 0.25) is 0 Å². The van der Waals surface area contributed by atoms with Crippen molar-refractivity contribution < 1.29 is 13.9 Å². The fraction of sp³-hybridized carbons (Fsp3) is 0.500. The Balaban J connectivity index is 1.39. The predicted octanol–water partition coefficient (Wildman–Crippen LogP) is 1.60. The number of aromatic nitrogens is 1. The molecule has 2 aromatic rings. The van der Waals surface area contributed by atoms with E-state index in [9.17, 15) is 14.0 Å². The molecule has 1 aromatic carbocycles. The number of para-hydroxylation sites is 1. The lowest BCUT2D eigenvalue weighted by atomic mass is 10.0. The second-order valence-corrected chi connectivity index (χ2v) is 7.79. The molecule has 1 amide bonds. The van der Waals surface area contributed by atoms with Crippen LogP contribution in [-0.4, -0.2) is 65.6 Å². The van der Waals surface area contributed by atoms with Gasteiger partial charge < -0.3 is 14.6 Å². The van der Waals surface area contributed by atoms with Gasteiger partial charge >= 0.3 is 0 Å². The van der Waals surface area contributed by atoms with Crippen LogP contribution in [0.5, 0.6) is 0 Å². The van der Waals surface area contributed by atoms with Crippen LogP contribution in [0.1, 0.15) is 23.3 Å². The van der Waals surface area contributed by atoms with E-state index in [1.807, 2.05) is 0 Å². The number of piperazine rings is 1. The Labute approximate surface area is 155 Å². The Morgan fingerprint density at radius 2 is 2.07 bits per heavy atom. The highest BCUT2D eigenvalue weighted by molar-refractivity contribution is 5.95. The lowest BCUT2D eigenvalue weighted by molar-refractivity contribution is -0.0816. The molecule has 5 rings (SSSR count). The maximum atomic E-state index is 14.1. The summed E-state index contributed by atoms with van der Waals surface area (Å²) in [6.45, 7) is 3.39. The highest BCUT2D eigenvalue weighted by Gasteiger charge is 2.43. The quantitative estimate of drug-likeness (QED) is 0.871. The number of hydrogen-bond acceptors (Lipinski definition) is 4. The van der Waals surface area contributed by atoms with Crippen molar-refractivity contribution >= 4 is 16.8 Å². The molecule has 6 nitrogen and oxygen atoms in total. The lowest BCUT2D eigenvalue weighted by Crippen LogP contribution is -2.63. The van der Waals surface area contributed by atoms with Crippen LogP contribution in [0.2, 0.25) is 0 Å². The summed E-state index contributed by atoms with van der Waals surface area (Å²) in [5, 5.41) is 0.254. The zero-order chi connectivity index (χ0) is 18.5. The fourth-order valence-electron chi connectivity index (χ4n) is 4.47. The topological polar surface area (TPSA) is 65.6 Å². The van der Waals surface area contributed by atoms with Gasteiger partial charge in [0.05, 0.1) is 24.8 Å². The van der Waals surface area contributed by atoms with E-state index in [2.05, 4.69) is 9.88 Å². The van der Waals surface area contributed by atoms with E-state index in [4.69, 9.17) is 4.74 Å². The molecular weight excluding hydrogens is 349 g/mol. The van der Waals surface area contributed by atoms with Crippen LogP contribution >= 0.6 is 0 Å². The minimum Gasteiger partial charge on any atom is -0.378 e. The molecule has 0 spiro atoms. The average Bonchev–Trinajstić information content (AvgIpc) is 3.52. The summed E-state index contributed by atoms with van der Waals surface area (Å²) >= 11 is 0. The number of nitrogens with zero attached hydrogens (tertiary/aromatic N) is 2. The maximum Gasteiger partial charge on any atom is 0.270 e. The van der Waals surface area contributed by atoms with Gasteiger partial charge in [-0.05, 0) is 30.9 Å². The zero-order valence-electron chi connectivity index (χ0n) is 15.0. The number of halogens is 1. The number of pyridine rings is 1. The van der Waals surface area contributed by atoms with Crippen LogP contribution in [0.25, 0.3) is 10.9 Å². The Morgan fingerprint density at radius 1 is 1.22 bits per heavy atom. The van der Waals surface area contributed by atoms with E-state index in [0.717, 1.165) is 19.1 Å². The fourth-order valence-corrected chi connectivity index (χ4v) is 4.47. The third-order valence-electron chi connectivity index (χ3n) is 6.05. The summed E-state index contributed by atoms with van der Waals surface area (Å²) in [5.41, 5.74) is -0.122. The first-order valence-corrected chi connectivity index (χ1v) is 9.56. The molecule has 142 valence electrons. The first-order chi connectivity index (χ1) is 13.1. The SMILES string of the molecule is O=C(c1cc(=O)c2cccc(F)c2[nH]1)N1CCN2[C@@H](COC[C@@H]2C2CC2)C1. The van der Waals surface area contributed by atoms with E-state index in [-0.39, 0.29) is 34.0 Å². The van der Waals surface area contributed by atoms with Gasteiger partial charge in [-0.1, -0.05) is 6.07 Å². The first-order valence-electron chi connectivity index (χ1n) is 9.56. The molecule has 1 N–H and O–H groups in total. The number of ether oxygens (including phenoxy) is 1. The van der Waals surface area contributed by atoms with Crippen molar-refractivity contribution in [2.45, 2.75) is 24.9 Å². The predicted molar refractivity (Wildman–Crippen MR) is 98.3 cm³/mol. The maximum absolute atomic E-state index is 14.1. The van der Waals surface area contributed by atoms with Crippen molar-refractivity contribution in [3.63, 3.8) is 0 Å². The number of carbonyl (C=O) groups excluding carboxylic acids is 1. The van der Waals surface area contributed by atoms with Gasteiger partial charge in [0, 0.05) is 37.1 Å². The zero-order valence-corrected chi connectivity index (χ0v) is 15.0. The normalized spacial score (nSPS) is 26.2. The highest BCUT2D eigenvalue weighted by Crippen LogP contribution is 2.38. The van der Waals surface area contributed by atoms with E-state index >= 15 is 0 Å². The van der Waals surface area contributed by atoms with Crippen LogP contribution in [0.4, 0.5) is 4.39 Å². The Morgan fingerprint density at radius 3 is 2.89 bits per heavy atom. The summed E-state index contributed by atoms with van der Waals surface area (Å²) in [5.74, 6) is -0.0580. The highest BCUT2D eigenvalue weighted by atomic mass is 19.1. The molecule has 7 heteroatoms. The third-order valence-corrected chi connectivity index (χ3v) is 6.05. The first kappa shape index (κ1) is 16.9. The number of aromatic amines is 1. The minimum absolute atomic E-state index is 0.0850. The van der Waals surface area contributed by atoms with Gasteiger partial charge in [0.1, 0.15) is 11.5 Å². The van der Waals surface area contributed by atoms with E-state index in [0.29, 0.717) is 25.7 Å². The Kier molecular flexibility index (Phi) is 4.02. The molecule has 0 radical (unpaired) electrons. The van der Waals surface area contributed by atoms with Gasteiger partial charge in [0.25, 0.3) is 5.91 Å². The van der Waals surface area contributed by atoms with Crippen molar-refractivity contribution in [1.82, 2.24) is 14.8 Å². The molecule has 0 bridgehead atoms. The number of amides is 1. The molecule has 27 heavy (non-hydrogen) atoms. The van der Waals surface area contributed by atoms with Crippen LogP contribution in [0.3, 0.4) is 0 Å². The van der Waals surface area contributed by atoms with Gasteiger partial charge in [-0.25, -0.2) is 4.39 Å². The number of hydrogen-bond donors (Lipinski definition) is 1. The van der Waals surface area contributed by atoms with Gasteiger partial charge in [-0.2, -0.15) is 0 Å². The smallest absolute Gasteiger partial charge is 0.270 e. The standard InChI is InChI=1S/C20H22FN3O3/c21-15-3-1-2-14-18(25)8-16(22-19(14)15)20(26)23-6-7-24-13(9-23)10-27-11-17(24)12-4-5-12/h1-3,8,12-13,17H,4-7,9-11H2,(H,22,25)/t13-,17-/m1/s1.